The third-order valence-corrected chi connectivity index (χ3v) is 3.36. The van der Waals surface area contributed by atoms with Crippen LogP contribution in [0.5, 0.6) is 11.5 Å². The van der Waals surface area contributed by atoms with Crippen LogP contribution in [0.2, 0.25) is 0 Å². The zero-order chi connectivity index (χ0) is 16.8. The van der Waals surface area contributed by atoms with E-state index in [4.69, 9.17) is 14.2 Å². The number of nitrogens with one attached hydrogen (secondary N) is 1. The van der Waals surface area contributed by atoms with Gasteiger partial charge >= 0.3 is 5.97 Å². The number of rotatable bonds is 8. The minimum absolute atomic E-state index is 0.235. The molecule has 1 aliphatic rings. The van der Waals surface area contributed by atoms with Gasteiger partial charge in [-0.25, -0.2) is 4.79 Å². The molecule has 1 aromatic carbocycles. The molecule has 2 rings (SSSR count). The van der Waals surface area contributed by atoms with Crippen molar-refractivity contribution in [3.05, 3.63) is 23.8 Å². The highest BCUT2D eigenvalue weighted by Crippen LogP contribution is 2.29. The van der Waals surface area contributed by atoms with Crippen LogP contribution >= 0.6 is 0 Å². The van der Waals surface area contributed by atoms with Gasteiger partial charge in [0.05, 0.1) is 18.8 Å². The maximum absolute atomic E-state index is 12.2. The summed E-state index contributed by atoms with van der Waals surface area (Å²) in [7, 11) is 0. The molecular formula is C17H23NO5. The highest BCUT2D eigenvalue weighted by molar-refractivity contribution is 5.93. The van der Waals surface area contributed by atoms with Gasteiger partial charge in [-0.3, -0.25) is 4.79 Å². The molecule has 1 amide bonds. The summed E-state index contributed by atoms with van der Waals surface area (Å²) in [6.45, 7) is 6.25. The molecule has 0 saturated heterocycles. The highest BCUT2D eigenvalue weighted by Gasteiger charge is 2.27. The number of esters is 1. The maximum atomic E-state index is 12.2. The molecule has 0 bridgehead atoms. The Morgan fingerprint density at radius 2 is 1.83 bits per heavy atom. The molecule has 23 heavy (non-hydrogen) atoms. The Morgan fingerprint density at radius 3 is 2.43 bits per heavy atom. The van der Waals surface area contributed by atoms with E-state index in [2.05, 4.69) is 5.32 Å². The first kappa shape index (κ1) is 17.1. The summed E-state index contributed by atoms with van der Waals surface area (Å²) in [4.78, 5) is 24.0. The SMILES string of the molecule is CCOc1ccc(C(=O)O[C@@H](C)C(=O)NC2CC2)cc1OCC. The molecule has 1 saturated carbocycles. The molecule has 1 N–H and O–H groups in total. The molecule has 6 heteroatoms. The summed E-state index contributed by atoms with van der Waals surface area (Å²) < 4.78 is 16.1. The Hall–Kier alpha value is -2.24. The van der Waals surface area contributed by atoms with Gasteiger partial charge in [0.1, 0.15) is 0 Å². The van der Waals surface area contributed by atoms with Crippen molar-refractivity contribution in [1.82, 2.24) is 5.32 Å². The minimum Gasteiger partial charge on any atom is -0.490 e. The number of carbonyl (C=O) groups excluding carboxylic acids is 2. The number of benzene rings is 1. The molecule has 6 nitrogen and oxygen atoms in total. The highest BCUT2D eigenvalue weighted by atomic mass is 16.5. The van der Waals surface area contributed by atoms with Gasteiger partial charge in [-0.1, -0.05) is 0 Å². The fraction of sp³-hybridized carbons (Fsp3) is 0.529. The van der Waals surface area contributed by atoms with Crippen molar-refractivity contribution in [1.29, 1.82) is 0 Å². The second kappa shape index (κ2) is 7.85. The van der Waals surface area contributed by atoms with E-state index >= 15 is 0 Å². The Bertz CT molecular complexity index is 568. The van der Waals surface area contributed by atoms with Crippen molar-refractivity contribution in [2.75, 3.05) is 13.2 Å². The zero-order valence-electron chi connectivity index (χ0n) is 13.8. The van der Waals surface area contributed by atoms with Crippen molar-refractivity contribution in [3.63, 3.8) is 0 Å². The maximum Gasteiger partial charge on any atom is 0.339 e. The third-order valence-electron chi connectivity index (χ3n) is 3.36. The van der Waals surface area contributed by atoms with Gasteiger partial charge in [0, 0.05) is 6.04 Å². The minimum atomic E-state index is -0.829. The Labute approximate surface area is 136 Å². The second-order valence-corrected chi connectivity index (χ2v) is 5.36. The lowest BCUT2D eigenvalue weighted by molar-refractivity contribution is -0.129. The number of ether oxygens (including phenoxy) is 3. The molecule has 1 atom stereocenters. The van der Waals surface area contributed by atoms with E-state index in [1.807, 2.05) is 13.8 Å². The van der Waals surface area contributed by atoms with Gasteiger partial charge in [-0.05, 0) is 51.8 Å². The van der Waals surface area contributed by atoms with Crippen LogP contribution in [0.4, 0.5) is 0 Å². The lowest BCUT2D eigenvalue weighted by atomic mass is 10.2. The molecule has 126 valence electrons. The first-order valence-corrected chi connectivity index (χ1v) is 7.96. The van der Waals surface area contributed by atoms with Gasteiger partial charge in [0.15, 0.2) is 17.6 Å². The van der Waals surface area contributed by atoms with Crippen molar-refractivity contribution in [2.45, 2.75) is 45.8 Å². The predicted molar refractivity (Wildman–Crippen MR) is 84.8 cm³/mol. The molecule has 1 aromatic rings. The topological polar surface area (TPSA) is 73.9 Å². The van der Waals surface area contributed by atoms with Crippen LogP contribution in [0, 0.1) is 0 Å². The van der Waals surface area contributed by atoms with Gasteiger partial charge < -0.3 is 19.5 Å². The lowest BCUT2D eigenvalue weighted by Gasteiger charge is -2.15. The Balaban J connectivity index is 2.02. The number of carbonyl (C=O) groups is 2. The summed E-state index contributed by atoms with van der Waals surface area (Å²) in [5.41, 5.74) is 0.322. The van der Waals surface area contributed by atoms with Gasteiger partial charge in [0.25, 0.3) is 5.91 Å². The standard InChI is InChI=1S/C17H23NO5/c1-4-21-14-9-6-12(10-15(14)22-5-2)17(20)23-11(3)16(19)18-13-7-8-13/h6,9-11,13H,4-5,7-8H2,1-3H3,(H,18,19)/t11-/m0/s1. The monoisotopic (exact) mass is 321 g/mol. The van der Waals surface area contributed by atoms with Crippen LogP contribution in [-0.4, -0.2) is 37.2 Å². The van der Waals surface area contributed by atoms with Crippen LogP contribution < -0.4 is 14.8 Å². The van der Waals surface area contributed by atoms with Crippen molar-refractivity contribution < 1.29 is 23.8 Å². The normalized spacial score (nSPS) is 14.7. The molecule has 0 heterocycles. The summed E-state index contributed by atoms with van der Waals surface area (Å²) in [5, 5.41) is 2.81. The molecule has 0 radical (unpaired) electrons. The Kier molecular flexibility index (Phi) is 5.84. The van der Waals surface area contributed by atoms with Crippen LogP contribution in [-0.2, 0) is 9.53 Å². The summed E-state index contributed by atoms with van der Waals surface area (Å²) in [6.07, 6.45) is 1.15. The summed E-state index contributed by atoms with van der Waals surface area (Å²) in [5.74, 6) is 0.230. The van der Waals surface area contributed by atoms with E-state index in [-0.39, 0.29) is 11.9 Å². The van der Waals surface area contributed by atoms with E-state index in [9.17, 15) is 9.59 Å². The average Bonchev–Trinajstić information content (AvgIpc) is 3.33. The molecule has 1 aliphatic carbocycles. The van der Waals surface area contributed by atoms with E-state index in [1.54, 1.807) is 25.1 Å². The zero-order valence-corrected chi connectivity index (χ0v) is 13.8. The first-order chi connectivity index (χ1) is 11.0. The van der Waals surface area contributed by atoms with Crippen LogP contribution in [0.15, 0.2) is 18.2 Å². The lowest BCUT2D eigenvalue weighted by Crippen LogP contribution is -2.37. The predicted octanol–water partition coefficient (Wildman–Crippen LogP) is 2.31. The number of hydrogen-bond donors (Lipinski definition) is 1. The molecular weight excluding hydrogens is 298 g/mol. The largest absolute Gasteiger partial charge is 0.490 e. The van der Waals surface area contributed by atoms with Gasteiger partial charge in [-0.15, -0.1) is 0 Å². The molecule has 0 unspecified atom stereocenters. The smallest absolute Gasteiger partial charge is 0.339 e. The van der Waals surface area contributed by atoms with E-state index in [1.165, 1.54) is 0 Å². The van der Waals surface area contributed by atoms with Crippen molar-refractivity contribution >= 4 is 11.9 Å². The van der Waals surface area contributed by atoms with Crippen LogP contribution in [0.25, 0.3) is 0 Å². The number of hydrogen-bond acceptors (Lipinski definition) is 5. The molecule has 0 aromatic heterocycles. The molecule has 1 fully saturated rings. The quantitative estimate of drug-likeness (QED) is 0.744. The van der Waals surface area contributed by atoms with Gasteiger partial charge in [0.2, 0.25) is 0 Å². The first-order valence-electron chi connectivity index (χ1n) is 7.96. The molecule has 0 aliphatic heterocycles. The van der Waals surface area contributed by atoms with Crippen LogP contribution in [0.1, 0.15) is 44.0 Å². The fourth-order valence-corrected chi connectivity index (χ4v) is 2.01. The van der Waals surface area contributed by atoms with E-state index in [0.29, 0.717) is 30.3 Å². The van der Waals surface area contributed by atoms with Crippen molar-refractivity contribution in [3.8, 4) is 11.5 Å². The number of amides is 1. The summed E-state index contributed by atoms with van der Waals surface area (Å²) >= 11 is 0. The Morgan fingerprint density at radius 1 is 1.17 bits per heavy atom. The average molecular weight is 321 g/mol. The van der Waals surface area contributed by atoms with E-state index < -0.39 is 12.1 Å². The fourth-order valence-electron chi connectivity index (χ4n) is 2.01. The molecule has 0 spiro atoms. The van der Waals surface area contributed by atoms with Crippen molar-refractivity contribution in [2.24, 2.45) is 0 Å². The second-order valence-electron chi connectivity index (χ2n) is 5.36. The summed E-state index contributed by atoms with van der Waals surface area (Å²) in [6, 6.07) is 5.07. The van der Waals surface area contributed by atoms with Crippen LogP contribution in [0.3, 0.4) is 0 Å². The van der Waals surface area contributed by atoms with Gasteiger partial charge in [-0.2, -0.15) is 0 Å². The van der Waals surface area contributed by atoms with E-state index in [0.717, 1.165) is 12.8 Å². The third kappa shape index (κ3) is 4.87.